The van der Waals surface area contributed by atoms with Crippen molar-refractivity contribution in [1.29, 1.82) is 0 Å². The van der Waals surface area contributed by atoms with Crippen LogP contribution in [0.25, 0.3) is 0 Å². The number of tetrazole rings is 1. The predicted octanol–water partition coefficient (Wildman–Crippen LogP) is 3.06. The number of amides is 1. The second kappa shape index (κ2) is 7.15. The third-order valence-electron chi connectivity index (χ3n) is 4.35. The molecule has 0 atom stereocenters. The summed E-state index contributed by atoms with van der Waals surface area (Å²) >= 11 is 1.41. The van der Waals surface area contributed by atoms with Gasteiger partial charge in [-0.1, -0.05) is 56.8 Å². The van der Waals surface area contributed by atoms with Gasteiger partial charge in [-0.05, 0) is 39.8 Å². The molecule has 6 nitrogen and oxygen atoms in total. The van der Waals surface area contributed by atoms with Crippen molar-refractivity contribution in [1.82, 2.24) is 25.1 Å². The molecule has 0 bridgehead atoms. The van der Waals surface area contributed by atoms with Gasteiger partial charge in [0.15, 0.2) is 0 Å². The lowest BCUT2D eigenvalue weighted by molar-refractivity contribution is -0.127. The van der Waals surface area contributed by atoms with Crippen molar-refractivity contribution >= 4 is 17.7 Å². The van der Waals surface area contributed by atoms with Crippen LogP contribution >= 0.6 is 11.8 Å². The maximum Gasteiger partial charge on any atom is 0.233 e. The first-order valence-electron chi connectivity index (χ1n) is 8.58. The SMILES string of the molecule is CN(Cc1ccc(C(C)(C)C)cc1)C(=O)CSc1nnnn1C1CC1. The molecule has 1 aromatic heterocycles. The number of benzene rings is 1. The minimum absolute atomic E-state index is 0.0789. The summed E-state index contributed by atoms with van der Waals surface area (Å²) in [6.45, 7) is 7.20. The summed E-state index contributed by atoms with van der Waals surface area (Å²) in [4.78, 5) is 14.1. The summed E-state index contributed by atoms with van der Waals surface area (Å²) in [6, 6.07) is 8.92. The summed E-state index contributed by atoms with van der Waals surface area (Å²) in [5.41, 5.74) is 2.58. The summed E-state index contributed by atoms with van der Waals surface area (Å²) in [7, 11) is 1.84. The largest absolute Gasteiger partial charge is 0.341 e. The number of hydrogen-bond acceptors (Lipinski definition) is 5. The number of thioether (sulfide) groups is 1. The highest BCUT2D eigenvalue weighted by atomic mass is 32.2. The van der Waals surface area contributed by atoms with Crippen LogP contribution in [0, 0.1) is 0 Å². The summed E-state index contributed by atoms with van der Waals surface area (Å²) < 4.78 is 1.84. The van der Waals surface area contributed by atoms with Crippen molar-refractivity contribution in [2.75, 3.05) is 12.8 Å². The summed E-state index contributed by atoms with van der Waals surface area (Å²) in [5.74, 6) is 0.430. The average Bonchev–Trinajstić information content (AvgIpc) is 3.30. The van der Waals surface area contributed by atoms with Crippen LogP contribution in [-0.4, -0.2) is 43.8 Å². The lowest BCUT2D eigenvalue weighted by Crippen LogP contribution is -2.28. The third-order valence-corrected chi connectivity index (χ3v) is 5.26. The Bertz CT molecular complexity index is 731. The average molecular weight is 359 g/mol. The normalized spacial score (nSPS) is 14.6. The van der Waals surface area contributed by atoms with E-state index in [0.717, 1.165) is 23.6 Å². The fourth-order valence-electron chi connectivity index (χ4n) is 2.54. The fraction of sp³-hybridized carbons (Fsp3) is 0.556. The first kappa shape index (κ1) is 17.9. The minimum Gasteiger partial charge on any atom is -0.341 e. The Morgan fingerprint density at radius 3 is 2.56 bits per heavy atom. The predicted molar refractivity (Wildman–Crippen MR) is 98.4 cm³/mol. The smallest absolute Gasteiger partial charge is 0.233 e. The van der Waals surface area contributed by atoms with Crippen LogP contribution in [0.15, 0.2) is 29.4 Å². The Labute approximate surface area is 153 Å². The quantitative estimate of drug-likeness (QED) is 0.742. The zero-order valence-corrected chi connectivity index (χ0v) is 16.1. The molecule has 134 valence electrons. The highest BCUT2D eigenvalue weighted by Gasteiger charge is 2.28. The van der Waals surface area contributed by atoms with Crippen LogP contribution in [0.4, 0.5) is 0 Å². The lowest BCUT2D eigenvalue weighted by atomic mass is 9.87. The van der Waals surface area contributed by atoms with Gasteiger partial charge in [-0.15, -0.1) is 5.10 Å². The van der Waals surface area contributed by atoms with Crippen molar-refractivity contribution in [2.45, 2.75) is 56.8 Å². The topological polar surface area (TPSA) is 63.9 Å². The van der Waals surface area contributed by atoms with Crippen LogP contribution in [-0.2, 0) is 16.8 Å². The van der Waals surface area contributed by atoms with Crippen molar-refractivity contribution in [3.8, 4) is 0 Å². The van der Waals surface area contributed by atoms with Gasteiger partial charge in [0.2, 0.25) is 11.1 Å². The Kier molecular flexibility index (Phi) is 5.13. The minimum atomic E-state index is 0.0789. The molecule has 0 unspecified atom stereocenters. The highest BCUT2D eigenvalue weighted by molar-refractivity contribution is 7.99. The van der Waals surface area contributed by atoms with Gasteiger partial charge in [0.1, 0.15) is 0 Å². The van der Waals surface area contributed by atoms with E-state index in [4.69, 9.17) is 0 Å². The molecule has 0 radical (unpaired) electrons. The molecule has 1 fully saturated rings. The van der Waals surface area contributed by atoms with Crippen molar-refractivity contribution < 1.29 is 4.79 Å². The van der Waals surface area contributed by atoms with Gasteiger partial charge in [-0.2, -0.15) is 0 Å². The van der Waals surface area contributed by atoms with E-state index < -0.39 is 0 Å². The molecule has 1 aromatic carbocycles. The Balaban J connectivity index is 1.53. The van der Waals surface area contributed by atoms with Gasteiger partial charge in [0, 0.05) is 13.6 Å². The van der Waals surface area contributed by atoms with Gasteiger partial charge in [-0.25, -0.2) is 4.68 Å². The van der Waals surface area contributed by atoms with Gasteiger partial charge in [0.05, 0.1) is 11.8 Å². The molecule has 1 aliphatic carbocycles. The molecule has 25 heavy (non-hydrogen) atoms. The van der Waals surface area contributed by atoms with Crippen LogP contribution in [0.1, 0.15) is 50.8 Å². The van der Waals surface area contributed by atoms with Crippen molar-refractivity contribution in [3.63, 3.8) is 0 Å². The second-order valence-corrected chi connectivity index (χ2v) is 8.57. The lowest BCUT2D eigenvalue weighted by Gasteiger charge is -2.21. The molecule has 1 amide bonds. The van der Waals surface area contributed by atoms with Gasteiger partial charge < -0.3 is 4.90 Å². The number of rotatable bonds is 6. The Hall–Kier alpha value is -1.89. The number of nitrogens with zero attached hydrogens (tertiary/aromatic N) is 5. The zero-order valence-electron chi connectivity index (χ0n) is 15.3. The molecule has 3 rings (SSSR count). The maximum atomic E-state index is 12.4. The fourth-order valence-corrected chi connectivity index (χ4v) is 3.42. The van der Waals surface area contributed by atoms with E-state index in [9.17, 15) is 4.79 Å². The van der Waals surface area contributed by atoms with Crippen LogP contribution < -0.4 is 0 Å². The van der Waals surface area contributed by atoms with Crippen molar-refractivity contribution in [3.05, 3.63) is 35.4 Å². The van der Waals surface area contributed by atoms with E-state index in [2.05, 4.69) is 60.6 Å². The van der Waals surface area contributed by atoms with Crippen LogP contribution in [0.3, 0.4) is 0 Å². The molecule has 1 saturated carbocycles. The second-order valence-electron chi connectivity index (χ2n) is 7.62. The zero-order chi connectivity index (χ0) is 18.0. The van der Waals surface area contributed by atoms with Gasteiger partial charge in [0.25, 0.3) is 0 Å². The third kappa shape index (κ3) is 4.60. The molecule has 0 aliphatic heterocycles. The van der Waals surface area contributed by atoms with E-state index in [1.165, 1.54) is 17.3 Å². The number of aromatic nitrogens is 4. The highest BCUT2D eigenvalue weighted by Crippen LogP contribution is 2.36. The molecule has 1 aliphatic rings. The van der Waals surface area contributed by atoms with E-state index in [-0.39, 0.29) is 11.3 Å². The molecule has 0 spiro atoms. The molecule has 7 heteroatoms. The monoisotopic (exact) mass is 359 g/mol. The number of hydrogen-bond donors (Lipinski definition) is 0. The van der Waals surface area contributed by atoms with Gasteiger partial charge in [-0.3, -0.25) is 4.79 Å². The molecule has 1 heterocycles. The Morgan fingerprint density at radius 1 is 1.28 bits per heavy atom. The van der Waals surface area contributed by atoms with Crippen LogP contribution in [0.5, 0.6) is 0 Å². The number of carbonyl (C=O) groups excluding carboxylic acids is 1. The van der Waals surface area contributed by atoms with E-state index in [1.807, 2.05) is 11.7 Å². The maximum absolute atomic E-state index is 12.4. The van der Waals surface area contributed by atoms with Crippen LogP contribution in [0.2, 0.25) is 0 Å². The molecule has 2 aromatic rings. The summed E-state index contributed by atoms with van der Waals surface area (Å²) in [6.07, 6.45) is 2.24. The molecular formula is C18H25N5OS. The molecular weight excluding hydrogens is 334 g/mol. The van der Waals surface area contributed by atoms with E-state index >= 15 is 0 Å². The standard InChI is InChI=1S/C18H25N5OS/c1-18(2,3)14-7-5-13(6-8-14)11-22(4)16(24)12-25-17-19-20-21-23(17)15-9-10-15/h5-8,15H,9-12H2,1-4H3. The van der Waals surface area contributed by atoms with Crippen molar-refractivity contribution in [2.24, 2.45) is 0 Å². The molecule has 0 N–H and O–H groups in total. The van der Waals surface area contributed by atoms with E-state index in [0.29, 0.717) is 18.3 Å². The summed E-state index contributed by atoms with van der Waals surface area (Å²) in [5, 5.41) is 12.5. The number of carbonyl (C=O) groups is 1. The van der Waals surface area contributed by atoms with Gasteiger partial charge >= 0.3 is 0 Å². The van der Waals surface area contributed by atoms with E-state index in [1.54, 1.807) is 4.90 Å². The first-order chi connectivity index (χ1) is 11.8. The first-order valence-corrected chi connectivity index (χ1v) is 9.57. The molecule has 0 saturated heterocycles. The Morgan fingerprint density at radius 2 is 1.96 bits per heavy atom.